The second-order valence-electron chi connectivity index (χ2n) is 3.59. The molecule has 127 valence electrons. The van der Waals surface area contributed by atoms with Crippen molar-refractivity contribution in [2.24, 2.45) is 0 Å². The van der Waals surface area contributed by atoms with E-state index in [2.05, 4.69) is 95.6 Å². The van der Waals surface area contributed by atoms with Crippen LogP contribution in [0.25, 0.3) is 0 Å². The van der Waals surface area contributed by atoms with Crippen LogP contribution >= 0.6 is 103 Å². The minimum Gasteiger partial charge on any atom is -0.286 e. The molecule has 0 saturated heterocycles. The first-order chi connectivity index (χ1) is 9.36. The van der Waals surface area contributed by atoms with E-state index in [1.807, 2.05) is 0 Å². The molecule has 3 atom stereocenters. The quantitative estimate of drug-likeness (QED) is 0.154. The molecule has 0 aromatic carbocycles. The molecule has 0 aromatic rings. The van der Waals surface area contributed by atoms with Gasteiger partial charge in [-0.15, -0.1) is 0 Å². The van der Waals surface area contributed by atoms with Crippen LogP contribution in [-0.2, 0) is 18.1 Å². The molecular weight excluding hydrogens is 804 g/mol. The molecule has 3 unspecified atom stereocenters. The Hall–Kier alpha value is 3.81. The Labute approximate surface area is 193 Å². The van der Waals surface area contributed by atoms with Gasteiger partial charge in [-0.1, -0.05) is 95.6 Å². The second-order valence-corrected chi connectivity index (χ2v) is 11.1. The molecule has 0 amide bonds. The normalized spacial score (nSPS) is 18.4. The number of alkyl halides is 6. The summed E-state index contributed by atoms with van der Waals surface area (Å²) >= 11 is 20.0. The summed E-state index contributed by atoms with van der Waals surface area (Å²) in [6.45, 7) is 0.682. The van der Waals surface area contributed by atoms with Crippen molar-refractivity contribution in [3.63, 3.8) is 0 Å². The third kappa shape index (κ3) is 14.6. The van der Waals surface area contributed by atoms with E-state index in [1.54, 1.807) is 0 Å². The maximum atomic E-state index is 12.5. The number of halogens is 6. The van der Waals surface area contributed by atoms with Gasteiger partial charge in [0.1, 0.15) is 0 Å². The van der Waals surface area contributed by atoms with Gasteiger partial charge in [-0.3, -0.25) is 13.6 Å². The van der Waals surface area contributed by atoms with Gasteiger partial charge in [0, 0.05) is 54.9 Å². The predicted octanol–water partition coefficient (Wildman–Crippen LogP) is 5.24. The van der Waals surface area contributed by atoms with E-state index in [1.165, 1.54) is 0 Å². The standard InChI is InChI=1S/C9H15Br6O4P.Sb/c10-1-7(13)4-17-20(16,18-5-8(14)2-11)19-6-9(15)3-12;/h7-9H,1-6H2;. The zero-order chi connectivity index (χ0) is 15.6. The molecule has 0 spiro atoms. The van der Waals surface area contributed by atoms with Crippen molar-refractivity contribution >= 4 is 128 Å². The van der Waals surface area contributed by atoms with Gasteiger partial charge in [0.25, 0.3) is 0 Å². The van der Waals surface area contributed by atoms with Crippen LogP contribution in [0.15, 0.2) is 0 Å². The maximum Gasteiger partial charge on any atom is 0.474 e. The molecule has 4 nitrogen and oxygen atoms in total. The predicted molar refractivity (Wildman–Crippen MR) is 111 cm³/mol. The zero-order valence-corrected chi connectivity index (χ0v) is 23.7. The molecule has 0 rings (SSSR count). The monoisotopic (exact) mass is 812 g/mol. The van der Waals surface area contributed by atoms with Gasteiger partial charge >= 0.3 is 7.82 Å². The zero-order valence-electron chi connectivity index (χ0n) is 10.8. The molecule has 0 aliphatic carbocycles. The number of rotatable bonds is 12. The fraction of sp³-hybridized carbons (Fsp3) is 1.00. The van der Waals surface area contributed by atoms with Gasteiger partial charge in [0.15, 0.2) is 0 Å². The van der Waals surface area contributed by atoms with Crippen molar-refractivity contribution in [3.05, 3.63) is 0 Å². The Balaban J connectivity index is 0. The molecule has 21 heavy (non-hydrogen) atoms. The molecule has 3 radical (unpaired) electrons. The van der Waals surface area contributed by atoms with Crippen molar-refractivity contribution in [3.8, 4) is 0 Å². The van der Waals surface area contributed by atoms with Crippen molar-refractivity contribution in [1.29, 1.82) is 0 Å². The molecule has 0 aliphatic heterocycles. The third-order valence-corrected chi connectivity index (χ3v) is 9.85. The number of phosphoric ester groups is 1. The third-order valence-electron chi connectivity index (χ3n) is 1.74. The fourth-order valence-electron chi connectivity index (χ4n) is 0.762. The largest absolute Gasteiger partial charge is 0.474 e. The molecule has 12 heteroatoms. The summed E-state index contributed by atoms with van der Waals surface area (Å²) in [7, 11) is -3.57. The van der Waals surface area contributed by atoms with Gasteiger partial charge in [-0.05, 0) is 0 Å². The topological polar surface area (TPSA) is 44.8 Å². The van der Waals surface area contributed by atoms with Crippen molar-refractivity contribution < 1.29 is 18.1 Å². The Morgan fingerprint density at radius 2 is 0.952 bits per heavy atom. The Kier molecular flexibility index (Phi) is 20.6. The van der Waals surface area contributed by atoms with Crippen molar-refractivity contribution in [1.82, 2.24) is 0 Å². The Bertz CT molecular complexity index is 261. The molecule has 0 N–H and O–H groups in total. The van der Waals surface area contributed by atoms with Crippen LogP contribution in [0, 0.1) is 0 Å². The van der Waals surface area contributed by atoms with Gasteiger partial charge in [-0.2, -0.15) is 0 Å². The SMILES string of the molecule is O=P(OCC(Br)CBr)(OCC(Br)CBr)OCC(Br)CBr.[Sb]. The van der Waals surface area contributed by atoms with Crippen molar-refractivity contribution in [2.45, 2.75) is 14.5 Å². The average molecular weight is 819 g/mol. The Morgan fingerprint density at radius 1 is 0.714 bits per heavy atom. The summed E-state index contributed by atoms with van der Waals surface area (Å²) in [6.07, 6.45) is 0. The summed E-state index contributed by atoms with van der Waals surface area (Å²) in [5, 5.41) is 2.04. The van der Waals surface area contributed by atoms with Crippen LogP contribution < -0.4 is 0 Å². The smallest absolute Gasteiger partial charge is 0.286 e. The summed E-state index contributed by atoms with van der Waals surface area (Å²) in [6, 6.07) is 0. The van der Waals surface area contributed by atoms with E-state index in [0.717, 1.165) is 0 Å². The van der Waals surface area contributed by atoms with Crippen LogP contribution in [0.4, 0.5) is 0 Å². The van der Waals surface area contributed by atoms with E-state index >= 15 is 0 Å². The van der Waals surface area contributed by atoms with E-state index in [-0.39, 0.29) is 58.7 Å². The average Bonchev–Trinajstić information content (AvgIpc) is 2.47. The van der Waals surface area contributed by atoms with Gasteiger partial charge in [0.2, 0.25) is 0 Å². The van der Waals surface area contributed by atoms with Gasteiger partial charge in [-0.25, -0.2) is 4.57 Å². The van der Waals surface area contributed by atoms with E-state index < -0.39 is 7.82 Å². The summed E-state index contributed by atoms with van der Waals surface area (Å²) < 4.78 is 28.5. The van der Waals surface area contributed by atoms with Crippen LogP contribution in [0.3, 0.4) is 0 Å². The van der Waals surface area contributed by atoms with Gasteiger partial charge < -0.3 is 0 Å². The van der Waals surface area contributed by atoms with Crippen LogP contribution in [-0.4, -0.2) is 74.7 Å². The summed E-state index contributed by atoms with van der Waals surface area (Å²) in [5.41, 5.74) is 0. The van der Waals surface area contributed by atoms with Crippen LogP contribution in [0.5, 0.6) is 0 Å². The number of phosphoric acid groups is 1. The summed E-state index contributed by atoms with van der Waals surface area (Å²) in [5.74, 6) is 0. The maximum absolute atomic E-state index is 12.5. The summed E-state index contributed by atoms with van der Waals surface area (Å²) in [4.78, 5) is 0.111. The first-order valence-corrected chi connectivity index (χ1v) is 13.1. The molecule has 0 saturated carbocycles. The van der Waals surface area contributed by atoms with E-state index in [0.29, 0.717) is 16.0 Å². The van der Waals surface area contributed by atoms with E-state index in [4.69, 9.17) is 13.6 Å². The first-order valence-electron chi connectivity index (χ1n) is 5.50. The Morgan fingerprint density at radius 3 is 1.14 bits per heavy atom. The molecule has 0 bridgehead atoms. The van der Waals surface area contributed by atoms with Crippen molar-refractivity contribution in [2.75, 3.05) is 35.8 Å². The minimum absolute atomic E-state index is 0. The molecule has 0 aliphatic rings. The minimum atomic E-state index is -3.57. The first kappa shape index (κ1) is 27.0. The molecule has 0 aromatic heterocycles. The number of hydrogen-bond acceptors (Lipinski definition) is 4. The number of hydrogen-bond donors (Lipinski definition) is 0. The van der Waals surface area contributed by atoms with Gasteiger partial charge in [0.05, 0.1) is 19.8 Å². The van der Waals surface area contributed by atoms with E-state index in [9.17, 15) is 4.57 Å². The molecule has 0 fully saturated rings. The second kappa shape index (κ2) is 16.0. The molecule has 0 heterocycles. The van der Waals surface area contributed by atoms with Crippen LogP contribution in [0.1, 0.15) is 0 Å². The fourth-order valence-corrected chi connectivity index (χ4v) is 3.64. The van der Waals surface area contributed by atoms with Crippen LogP contribution in [0.2, 0.25) is 0 Å². The molecular formula is C9H15Br6O4PSb.